The molecule has 7 nitrogen and oxygen atoms in total. The zero-order chi connectivity index (χ0) is 17.7. The molecule has 1 aliphatic heterocycles. The third-order valence-corrected chi connectivity index (χ3v) is 5.42. The highest BCUT2D eigenvalue weighted by Crippen LogP contribution is 2.20. The summed E-state index contributed by atoms with van der Waals surface area (Å²) in [6.45, 7) is 2.87. The van der Waals surface area contributed by atoms with E-state index in [0.717, 1.165) is 11.1 Å². The lowest BCUT2D eigenvalue weighted by molar-refractivity contribution is -0.129. The molecule has 0 aromatic heterocycles. The number of nitrogens with zero attached hydrogens (tertiary/aromatic N) is 1. The van der Waals surface area contributed by atoms with E-state index in [1.54, 1.807) is 4.90 Å². The number of likely N-dealkylation sites (tertiary alicyclic amines) is 1. The van der Waals surface area contributed by atoms with Gasteiger partial charge in [-0.25, -0.2) is 13.1 Å². The summed E-state index contributed by atoms with van der Waals surface area (Å²) in [7, 11) is -2.02. The third kappa shape index (κ3) is 5.04. The van der Waals surface area contributed by atoms with Crippen molar-refractivity contribution < 1.29 is 18.0 Å². The number of hydrogen-bond acceptors (Lipinski definition) is 4. The molecule has 2 N–H and O–H groups in total. The Bertz CT molecular complexity index is 701. The summed E-state index contributed by atoms with van der Waals surface area (Å²) in [5.41, 5.74) is 2.18. The van der Waals surface area contributed by atoms with Crippen LogP contribution in [0.15, 0.2) is 24.3 Å². The molecule has 1 unspecified atom stereocenters. The number of benzene rings is 1. The molecule has 132 valence electrons. The number of amides is 2. The number of aryl methyl sites for hydroxylation is 1. The lowest BCUT2D eigenvalue weighted by Crippen LogP contribution is -2.37. The normalized spacial score (nSPS) is 18.0. The first-order chi connectivity index (χ1) is 11.3. The number of nitrogens with one attached hydrogen (secondary N) is 2. The van der Waals surface area contributed by atoms with E-state index < -0.39 is 15.9 Å². The van der Waals surface area contributed by atoms with Gasteiger partial charge in [-0.15, -0.1) is 0 Å². The Morgan fingerprint density at radius 1 is 1.29 bits per heavy atom. The van der Waals surface area contributed by atoms with Gasteiger partial charge >= 0.3 is 0 Å². The van der Waals surface area contributed by atoms with Gasteiger partial charge in [0.25, 0.3) is 0 Å². The van der Waals surface area contributed by atoms with Gasteiger partial charge in [0.2, 0.25) is 21.8 Å². The molecule has 0 radical (unpaired) electrons. The Labute approximate surface area is 142 Å². The summed E-state index contributed by atoms with van der Waals surface area (Å²) in [6, 6.07) is 7.92. The summed E-state index contributed by atoms with van der Waals surface area (Å²) in [5, 5.41) is 2.59. The molecule has 0 saturated carbocycles. The van der Waals surface area contributed by atoms with Crippen LogP contribution in [-0.2, 0) is 26.2 Å². The van der Waals surface area contributed by atoms with Crippen molar-refractivity contribution in [1.82, 2.24) is 14.9 Å². The van der Waals surface area contributed by atoms with Crippen molar-refractivity contribution in [2.75, 3.05) is 25.9 Å². The topological polar surface area (TPSA) is 95.6 Å². The van der Waals surface area contributed by atoms with Crippen molar-refractivity contribution in [1.29, 1.82) is 0 Å². The molecule has 1 atom stereocenters. The summed E-state index contributed by atoms with van der Waals surface area (Å²) >= 11 is 0. The predicted octanol–water partition coefficient (Wildman–Crippen LogP) is 0.00892. The van der Waals surface area contributed by atoms with Crippen LogP contribution in [-0.4, -0.2) is 51.0 Å². The summed E-state index contributed by atoms with van der Waals surface area (Å²) in [4.78, 5) is 25.8. The van der Waals surface area contributed by atoms with Gasteiger partial charge in [0.05, 0.1) is 11.7 Å². The quantitative estimate of drug-likeness (QED) is 0.722. The molecule has 1 aromatic rings. The van der Waals surface area contributed by atoms with Gasteiger partial charge in [-0.3, -0.25) is 9.59 Å². The van der Waals surface area contributed by atoms with Crippen LogP contribution < -0.4 is 10.0 Å². The minimum atomic E-state index is -3.35. The van der Waals surface area contributed by atoms with Gasteiger partial charge in [0, 0.05) is 26.1 Å². The maximum Gasteiger partial charge on any atom is 0.225 e. The summed E-state index contributed by atoms with van der Waals surface area (Å²) in [5.74, 6) is -0.942. The molecule has 2 amide bonds. The zero-order valence-corrected chi connectivity index (χ0v) is 14.7. The highest BCUT2D eigenvalue weighted by atomic mass is 32.2. The lowest BCUT2D eigenvalue weighted by atomic mass is 10.1. The van der Waals surface area contributed by atoms with Crippen LogP contribution in [0.3, 0.4) is 0 Å². The Kier molecular flexibility index (Phi) is 5.95. The van der Waals surface area contributed by atoms with Crippen molar-refractivity contribution in [3.05, 3.63) is 35.4 Å². The van der Waals surface area contributed by atoms with Crippen molar-refractivity contribution in [2.24, 2.45) is 5.92 Å². The Morgan fingerprint density at radius 2 is 1.96 bits per heavy atom. The largest absolute Gasteiger partial charge is 0.355 e. The fourth-order valence-corrected chi connectivity index (χ4v) is 3.14. The van der Waals surface area contributed by atoms with Crippen molar-refractivity contribution in [2.45, 2.75) is 19.9 Å². The van der Waals surface area contributed by atoms with Crippen molar-refractivity contribution in [3.8, 4) is 0 Å². The zero-order valence-electron chi connectivity index (χ0n) is 13.9. The van der Waals surface area contributed by atoms with Crippen LogP contribution in [0, 0.1) is 12.8 Å². The molecule has 2 rings (SSSR count). The Morgan fingerprint density at radius 3 is 2.58 bits per heavy atom. The molecule has 0 aliphatic carbocycles. The minimum Gasteiger partial charge on any atom is -0.355 e. The second-order valence-electron chi connectivity index (χ2n) is 5.97. The monoisotopic (exact) mass is 353 g/mol. The molecule has 1 fully saturated rings. The highest BCUT2D eigenvalue weighted by Gasteiger charge is 2.34. The van der Waals surface area contributed by atoms with E-state index in [4.69, 9.17) is 0 Å². The van der Waals surface area contributed by atoms with Gasteiger partial charge in [-0.05, 0) is 19.5 Å². The average molecular weight is 353 g/mol. The fourth-order valence-electron chi connectivity index (χ4n) is 2.57. The average Bonchev–Trinajstić information content (AvgIpc) is 2.90. The fraction of sp³-hybridized carbons (Fsp3) is 0.500. The molecular weight excluding hydrogens is 330 g/mol. The van der Waals surface area contributed by atoms with Gasteiger partial charge in [-0.1, -0.05) is 29.8 Å². The van der Waals surface area contributed by atoms with Gasteiger partial charge in [0.15, 0.2) is 0 Å². The highest BCUT2D eigenvalue weighted by molar-refractivity contribution is 7.89. The molecule has 8 heteroatoms. The van der Waals surface area contributed by atoms with Crippen molar-refractivity contribution in [3.63, 3.8) is 0 Å². The molecule has 0 bridgehead atoms. The van der Waals surface area contributed by atoms with Crippen LogP contribution in [0.4, 0.5) is 0 Å². The maximum absolute atomic E-state index is 12.1. The number of carbonyl (C=O) groups is 2. The maximum atomic E-state index is 12.1. The van der Waals surface area contributed by atoms with E-state index in [2.05, 4.69) is 10.0 Å². The first-order valence-corrected chi connectivity index (χ1v) is 9.48. The van der Waals surface area contributed by atoms with Crippen LogP contribution >= 0.6 is 0 Å². The van der Waals surface area contributed by atoms with Crippen LogP contribution in [0.25, 0.3) is 0 Å². The van der Waals surface area contributed by atoms with Crippen LogP contribution in [0.2, 0.25) is 0 Å². The van der Waals surface area contributed by atoms with Gasteiger partial charge in [-0.2, -0.15) is 0 Å². The summed E-state index contributed by atoms with van der Waals surface area (Å²) < 4.78 is 24.8. The van der Waals surface area contributed by atoms with E-state index in [-0.39, 0.29) is 30.5 Å². The number of hydrogen-bond donors (Lipinski definition) is 2. The molecule has 0 spiro atoms. The van der Waals surface area contributed by atoms with Crippen molar-refractivity contribution >= 4 is 21.8 Å². The number of carbonyl (C=O) groups excluding carboxylic acids is 2. The van der Waals surface area contributed by atoms with Gasteiger partial charge < -0.3 is 10.2 Å². The van der Waals surface area contributed by atoms with Gasteiger partial charge in [0.1, 0.15) is 0 Å². The third-order valence-electron chi connectivity index (χ3n) is 4.06. The Hall–Kier alpha value is -1.93. The lowest BCUT2D eigenvalue weighted by Gasteiger charge is -2.17. The SMILES string of the molecule is CNS(=O)(=O)CCNC(=O)C1CC(=O)N(Cc2ccc(C)cc2)C1. The standard InChI is InChI=1S/C16H23N3O4S/c1-12-3-5-13(6-4-12)10-19-11-14(9-15(19)20)16(21)18-7-8-24(22,23)17-2/h3-6,14,17H,7-11H2,1-2H3,(H,18,21). The Balaban J connectivity index is 1.84. The molecule has 1 aromatic carbocycles. The molecular formula is C16H23N3O4S. The summed E-state index contributed by atoms with van der Waals surface area (Å²) in [6.07, 6.45) is 0.163. The first kappa shape index (κ1) is 18.4. The predicted molar refractivity (Wildman–Crippen MR) is 90.6 cm³/mol. The molecule has 24 heavy (non-hydrogen) atoms. The molecule has 1 aliphatic rings. The van der Waals surface area contributed by atoms with Crippen LogP contribution in [0.5, 0.6) is 0 Å². The van der Waals surface area contributed by atoms with E-state index >= 15 is 0 Å². The number of sulfonamides is 1. The molecule has 1 saturated heterocycles. The van der Waals surface area contributed by atoms with E-state index in [0.29, 0.717) is 13.1 Å². The second kappa shape index (κ2) is 7.76. The van der Waals surface area contributed by atoms with E-state index in [9.17, 15) is 18.0 Å². The van der Waals surface area contributed by atoms with Crippen LogP contribution in [0.1, 0.15) is 17.5 Å². The van der Waals surface area contributed by atoms with E-state index in [1.165, 1.54) is 7.05 Å². The number of rotatable bonds is 7. The minimum absolute atomic E-state index is 0.0324. The smallest absolute Gasteiger partial charge is 0.225 e. The van der Waals surface area contributed by atoms with E-state index in [1.807, 2.05) is 31.2 Å². The second-order valence-corrected chi connectivity index (χ2v) is 8.02. The first-order valence-electron chi connectivity index (χ1n) is 7.83. The molecule has 1 heterocycles.